The molecule has 0 amide bonds. The number of pyridine rings is 1. The summed E-state index contributed by atoms with van der Waals surface area (Å²) in [5.74, 6) is -1.37. The highest BCUT2D eigenvalue weighted by Gasteiger charge is 2.35. The minimum atomic E-state index is -0.646. The summed E-state index contributed by atoms with van der Waals surface area (Å²) in [6.45, 7) is 1.78. The Morgan fingerprint density at radius 1 is 1.15 bits per heavy atom. The van der Waals surface area contributed by atoms with Gasteiger partial charge in [0.25, 0.3) is 0 Å². The Hall–Kier alpha value is -3.48. The van der Waals surface area contributed by atoms with E-state index in [4.69, 9.17) is 9.47 Å². The molecule has 0 spiro atoms. The Kier molecular flexibility index (Phi) is 6.87. The molecule has 2 aliphatic rings. The average Bonchev–Trinajstić information content (AvgIpc) is 2.78. The van der Waals surface area contributed by atoms with Gasteiger partial charge in [-0.25, -0.2) is 4.79 Å². The maximum atomic E-state index is 13.2. The largest absolute Gasteiger partial charge is 0.507 e. The molecule has 0 saturated carbocycles. The van der Waals surface area contributed by atoms with E-state index in [2.05, 4.69) is 4.98 Å². The van der Waals surface area contributed by atoms with Gasteiger partial charge in [0.2, 0.25) is 0 Å². The highest BCUT2D eigenvalue weighted by atomic mass is 16.5. The van der Waals surface area contributed by atoms with Crippen LogP contribution in [0.5, 0.6) is 11.5 Å². The van der Waals surface area contributed by atoms with Crippen molar-refractivity contribution < 1.29 is 29.0 Å². The van der Waals surface area contributed by atoms with Gasteiger partial charge >= 0.3 is 11.9 Å². The van der Waals surface area contributed by atoms with Gasteiger partial charge in [-0.15, -0.1) is 0 Å². The summed E-state index contributed by atoms with van der Waals surface area (Å²) in [5, 5.41) is 11.3. The van der Waals surface area contributed by atoms with E-state index < -0.39 is 24.0 Å². The lowest BCUT2D eigenvalue weighted by Crippen LogP contribution is -2.23. The molecule has 0 fully saturated rings. The molecule has 0 radical (unpaired) electrons. The Labute approximate surface area is 192 Å². The number of fused-ring (bicyclic) bond motifs is 2. The van der Waals surface area contributed by atoms with Crippen molar-refractivity contribution in [2.75, 3.05) is 0 Å². The minimum Gasteiger partial charge on any atom is -0.507 e. The molecular formula is C26H27NO6. The maximum absolute atomic E-state index is 13.2. The molecule has 1 aromatic carbocycles. The molecule has 0 bridgehead atoms. The van der Waals surface area contributed by atoms with Crippen molar-refractivity contribution in [1.82, 2.24) is 4.98 Å². The zero-order valence-corrected chi connectivity index (χ0v) is 18.6. The predicted molar refractivity (Wildman–Crippen MR) is 121 cm³/mol. The number of phenols is 1. The summed E-state index contributed by atoms with van der Waals surface area (Å²) < 4.78 is 11.1. The summed E-state index contributed by atoms with van der Waals surface area (Å²) in [7, 11) is 0. The number of aromatic nitrogens is 1. The number of rotatable bonds is 1. The number of esters is 2. The number of Topliss-reactive ketones (excluding diaryl/α,β-unsaturated/α-hetero) is 1. The predicted octanol–water partition coefficient (Wildman–Crippen LogP) is 4.71. The number of carbonyl (C=O) groups excluding carboxylic acids is 3. The SMILES string of the molecule is C[C@H]1CCCC(=O)CCCC=Cc2cc3c(c(O)c2C(=O)O1)[C@H](c1cccnc1)CC(=O)O3. The van der Waals surface area contributed by atoms with E-state index in [1.54, 1.807) is 37.5 Å². The standard InChI is InChI=1S/C26H27NO6/c1-16-7-5-11-19(28)10-4-2-3-8-17-13-21-24(25(30)23(17)26(31)32-16)20(14-22(29)33-21)18-9-6-12-27-15-18/h3,6,8-9,12-13,15-16,20,30H,2,4-5,7,10-11,14H2,1H3/t16-,20-/m0/s1. The van der Waals surface area contributed by atoms with Crippen molar-refractivity contribution >= 4 is 23.8 Å². The number of benzene rings is 1. The lowest BCUT2D eigenvalue weighted by atomic mass is 9.84. The fourth-order valence-electron chi connectivity index (χ4n) is 4.39. The quantitative estimate of drug-likeness (QED) is 0.497. The number of carbonyl (C=O) groups is 3. The molecule has 2 atom stereocenters. The van der Waals surface area contributed by atoms with Crippen LogP contribution in [0.1, 0.15) is 84.8 Å². The number of phenolic OH excluding ortho intramolecular Hbond substituents is 1. The topological polar surface area (TPSA) is 103 Å². The van der Waals surface area contributed by atoms with E-state index >= 15 is 0 Å². The van der Waals surface area contributed by atoms with Gasteiger partial charge in [0.1, 0.15) is 22.8 Å². The third-order valence-corrected chi connectivity index (χ3v) is 6.06. The highest BCUT2D eigenvalue weighted by Crippen LogP contribution is 2.47. The molecule has 0 unspecified atom stereocenters. The number of aromatic hydroxyl groups is 1. The fraction of sp³-hybridized carbons (Fsp3) is 0.385. The summed E-state index contributed by atoms with van der Waals surface area (Å²) in [6, 6.07) is 5.19. The number of allylic oxidation sites excluding steroid dienone is 1. The molecular weight excluding hydrogens is 422 g/mol. The molecule has 3 heterocycles. The molecule has 0 saturated heterocycles. The van der Waals surface area contributed by atoms with E-state index in [1.807, 2.05) is 12.1 Å². The van der Waals surface area contributed by atoms with Gasteiger partial charge < -0.3 is 14.6 Å². The van der Waals surface area contributed by atoms with E-state index in [9.17, 15) is 19.5 Å². The molecule has 2 aromatic rings. The average molecular weight is 450 g/mol. The van der Waals surface area contributed by atoms with Gasteiger partial charge in [0, 0.05) is 36.7 Å². The zero-order valence-electron chi connectivity index (χ0n) is 18.6. The fourth-order valence-corrected chi connectivity index (χ4v) is 4.39. The second-order valence-electron chi connectivity index (χ2n) is 8.56. The molecule has 1 N–H and O–H groups in total. The summed E-state index contributed by atoms with van der Waals surface area (Å²) >= 11 is 0. The number of ketones is 1. The van der Waals surface area contributed by atoms with Crippen molar-refractivity contribution in [3.63, 3.8) is 0 Å². The normalized spacial score (nSPS) is 21.9. The van der Waals surface area contributed by atoms with Gasteiger partial charge in [-0.2, -0.15) is 0 Å². The minimum absolute atomic E-state index is 0.0281. The van der Waals surface area contributed by atoms with Crippen molar-refractivity contribution in [2.45, 2.75) is 63.9 Å². The van der Waals surface area contributed by atoms with Gasteiger partial charge in [0.05, 0.1) is 12.5 Å². The number of cyclic esters (lactones) is 1. The third-order valence-electron chi connectivity index (χ3n) is 6.06. The summed E-state index contributed by atoms with van der Waals surface area (Å²) in [5.41, 5.74) is 1.59. The molecule has 2 aliphatic heterocycles. The van der Waals surface area contributed by atoms with E-state index in [0.29, 0.717) is 49.7 Å². The molecule has 7 heteroatoms. The van der Waals surface area contributed by atoms with Crippen LogP contribution in [0.25, 0.3) is 6.08 Å². The monoisotopic (exact) mass is 449 g/mol. The van der Waals surface area contributed by atoms with Crippen molar-refractivity contribution in [1.29, 1.82) is 0 Å². The first-order chi connectivity index (χ1) is 15.9. The first-order valence-corrected chi connectivity index (χ1v) is 11.3. The molecule has 4 rings (SSSR count). The second kappa shape index (κ2) is 9.98. The number of ether oxygens (including phenoxy) is 2. The summed E-state index contributed by atoms with van der Waals surface area (Å²) in [4.78, 5) is 41.6. The third kappa shape index (κ3) is 5.13. The van der Waals surface area contributed by atoms with Gasteiger partial charge in [-0.05, 0) is 55.9 Å². The number of nitrogens with zero attached hydrogens (tertiary/aromatic N) is 1. The molecule has 172 valence electrons. The Morgan fingerprint density at radius 3 is 2.76 bits per heavy atom. The van der Waals surface area contributed by atoms with Crippen LogP contribution in [-0.4, -0.2) is 33.9 Å². The number of hydrogen-bond acceptors (Lipinski definition) is 7. The Morgan fingerprint density at radius 2 is 1.97 bits per heavy atom. The first kappa shape index (κ1) is 22.7. The van der Waals surface area contributed by atoms with Crippen LogP contribution in [0.4, 0.5) is 0 Å². The molecule has 7 nitrogen and oxygen atoms in total. The Balaban J connectivity index is 1.80. The lowest BCUT2D eigenvalue weighted by Gasteiger charge is -2.27. The van der Waals surface area contributed by atoms with Crippen LogP contribution in [0.2, 0.25) is 0 Å². The highest BCUT2D eigenvalue weighted by molar-refractivity contribution is 5.98. The molecule has 33 heavy (non-hydrogen) atoms. The molecule has 0 aliphatic carbocycles. The maximum Gasteiger partial charge on any atom is 0.342 e. The van der Waals surface area contributed by atoms with E-state index in [1.165, 1.54) is 0 Å². The van der Waals surface area contributed by atoms with Crippen molar-refractivity contribution in [3.05, 3.63) is 58.9 Å². The first-order valence-electron chi connectivity index (χ1n) is 11.3. The van der Waals surface area contributed by atoms with Crippen molar-refractivity contribution in [3.8, 4) is 11.5 Å². The zero-order chi connectivity index (χ0) is 23.4. The van der Waals surface area contributed by atoms with Crippen LogP contribution in [-0.2, 0) is 14.3 Å². The van der Waals surface area contributed by atoms with Gasteiger partial charge in [-0.3, -0.25) is 14.6 Å². The van der Waals surface area contributed by atoms with Gasteiger partial charge in [0.15, 0.2) is 0 Å². The van der Waals surface area contributed by atoms with Gasteiger partial charge in [-0.1, -0.05) is 18.2 Å². The van der Waals surface area contributed by atoms with Crippen LogP contribution in [0, 0.1) is 0 Å². The van der Waals surface area contributed by atoms with E-state index in [-0.39, 0.29) is 29.3 Å². The molecule has 1 aromatic heterocycles. The van der Waals surface area contributed by atoms with Crippen LogP contribution >= 0.6 is 0 Å². The van der Waals surface area contributed by atoms with E-state index in [0.717, 1.165) is 5.56 Å². The van der Waals surface area contributed by atoms with Crippen LogP contribution in [0.15, 0.2) is 36.7 Å². The van der Waals surface area contributed by atoms with Crippen molar-refractivity contribution in [2.24, 2.45) is 0 Å². The van der Waals surface area contributed by atoms with Crippen LogP contribution < -0.4 is 4.74 Å². The second-order valence-corrected chi connectivity index (χ2v) is 8.56. The number of hydrogen-bond donors (Lipinski definition) is 1. The summed E-state index contributed by atoms with van der Waals surface area (Å²) in [6.07, 6.45) is 9.98. The lowest BCUT2D eigenvalue weighted by molar-refractivity contribution is -0.135. The van der Waals surface area contributed by atoms with Crippen LogP contribution in [0.3, 0.4) is 0 Å². The smallest absolute Gasteiger partial charge is 0.342 e. The Bertz CT molecular complexity index is 1090.